The normalized spacial score (nSPS) is 15.4. The quantitative estimate of drug-likeness (QED) is 0.601. The molecule has 6 heteroatoms. The van der Waals surface area contributed by atoms with Crippen LogP contribution < -0.4 is 4.90 Å². The van der Waals surface area contributed by atoms with E-state index in [0.717, 1.165) is 33.2 Å². The van der Waals surface area contributed by atoms with E-state index in [1.807, 2.05) is 25.1 Å². The number of thiophene rings is 1. The molecule has 1 saturated heterocycles. The van der Waals surface area contributed by atoms with Crippen molar-refractivity contribution < 1.29 is 13.9 Å². The molecule has 28 heavy (non-hydrogen) atoms. The van der Waals surface area contributed by atoms with Gasteiger partial charge in [0.1, 0.15) is 16.9 Å². The summed E-state index contributed by atoms with van der Waals surface area (Å²) in [5.74, 6) is -0.397. The number of carbonyl (C=O) groups is 1. The van der Waals surface area contributed by atoms with E-state index < -0.39 is 0 Å². The molecule has 0 saturated carbocycles. The number of carbonyl (C=O) groups excluding carboxylic acids is 1. The van der Waals surface area contributed by atoms with Gasteiger partial charge in [0.25, 0.3) is 0 Å². The number of nitriles is 1. The lowest BCUT2D eigenvalue weighted by Crippen LogP contribution is -2.36. The summed E-state index contributed by atoms with van der Waals surface area (Å²) in [5, 5.41) is 12.5. The summed E-state index contributed by atoms with van der Waals surface area (Å²) in [7, 11) is 0. The SMILES string of the molecule is CC(c1ccc2cc(F)ccc2c1)c1c(C=O)sc(N2CCOCC2)c1C#N. The first-order chi connectivity index (χ1) is 13.6. The van der Waals surface area contributed by atoms with Gasteiger partial charge in [-0.3, -0.25) is 4.79 Å². The van der Waals surface area contributed by atoms with Crippen molar-refractivity contribution in [2.24, 2.45) is 0 Å². The maximum absolute atomic E-state index is 13.5. The van der Waals surface area contributed by atoms with Gasteiger partial charge in [-0.2, -0.15) is 5.26 Å². The average molecular weight is 394 g/mol. The van der Waals surface area contributed by atoms with Crippen LogP contribution in [0.4, 0.5) is 9.39 Å². The predicted molar refractivity (Wildman–Crippen MR) is 109 cm³/mol. The molecule has 2 heterocycles. The van der Waals surface area contributed by atoms with Crippen LogP contribution in [0.5, 0.6) is 0 Å². The van der Waals surface area contributed by atoms with Crippen molar-refractivity contribution in [1.82, 2.24) is 0 Å². The highest BCUT2D eigenvalue weighted by Gasteiger charge is 2.27. The van der Waals surface area contributed by atoms with Gasteiger partial charge in [0.05, 0.1) is 23.7 Å². The lowest BCUT2D eigenvalue weighted by Gasteiger charge is -2.27. The number of hydrogen-bond donors (Lipinski definition) is 0. The monoisotopic (exact) mass is 394 g/mol. The van der Waals surface area contributed by atoms with Gasteiger partial charge in [0.15, 0.2) is 6.29 Å². The number of benzene rings is 2. The number of halogens is 1. The van der Waals surface area contributed by atoms with Crippen LogP contribution in [0.1, 0.15) is 39.2 Å². The highest BCUT2D eigenvalue weighted by atomic mass is 32.1. The zero-order chi connectivity index (χ0) is 19.7. The Morgan fingerprint density at radius 1 is 1.21 bits per heavy atom. The number of anilines is 1. The van der Waals surface area contributed by atoms with Gasteiger partial charge >= 0.3 is 0 Å². The van der Waals surface area contributed by atoms with Crippen LogP contribution in [-0.4, -0.2) is 32.6 Å². The molecule has 1 aromatic heterocycles. The predicted octanol–water partition coefficient (Wildman–Crippen LogP) is 4.71. The van der Waals surface area contributed by atoms with Gasteiger partial charge in [-0.1, -0.05) is 31.2 Å². The highest BCUT2D eigenvalue weighted by Crippen LogP contribution is 2.41. The molecule has 0 bridgehead atoms. The second-order valence-corrected chi connectivity index (χ2v) is 7.89. The Labute approximate surface area is 166 Å². The first-order valence-corrected chi connectivity index (χ1v) is 9.98. The Morgan fingerprint density at radius 2 is 1.93 bits per heavy atom. The molecule has 2 aromatic carbocycles. The number of fused-ring (bicyclic) bond motifs is 1. The topological polar surface area (TPSA) is 53.3 Å². The molecule has 1 fully saturated rings. The van der Waals surface area contributed by atoms with Crippen LogP contribution in [0.15, 0.2) is 36.4 Å². The molecule has 3 aromatic rings. The molecule has 1 atom stereocenters. The zero-order valence-corrected chi connectivity index (χ0v) is 16.3. The number of aldehydes is 1. The molecular weight excluding hydrogens is 375 g/mol. The number of nitrogens with zero attached hydrogens (tertiary/aromatic N) is 2. The van der Waals surface area contributed by atoms with E-state index in [-0.39, 0.29) is 11.7 Å². The maximum Gasteiger partial charge on any atom is 0.160 e. The molecule has 0 radical (unpaired) electrons. The van der Waals surface area contributed by atoms with Crippen LogP contribution in [0.3, 0.4) is 0 Å². The fraction of sp³-hybridized carbons (Fsp3) is 0.273. The van der Waals surface area contributed by atoms with E-state index in [1.54, 1.807) is 6.07 Å². The fourth-order valence-electron chi connectivity index (χ4n) is 3.73. The fourth-order valence-corrected chi connectivity index (χ4v) is 4.95. The van der Waals surface area contributed by atoms with Crippen molar-refractivity contribution in [2.45, 2.75) is 12.8 Å². The zero-order valence-electron chi connectivity index (χ0n) is 15.4. The van der Waals surface area contributed by atoms with E-state index in [9.17, 15) is 14.4 Å². The Morgan fingerprint density at radius 3 is 2.64 bits per heavy atom. The Kier molecular flexibility index (Phi) is 5.12. The molecule has 1 aliphatic rings. The van der Waals surface area contributed by atoms with E-state index in [0.29, 0.717) is 36.7 Å². The first-order valence-electron chi connectivity index (χ1n) is 9.16. The second kappa shape index (κ2) is 7.70. The summed E-state index contributed by atoms with van der Waals surface area (Å²) in [5.41, 5.74) is 2.33. The van der Waals surface area contributed by atoms with E-state index in [4.69, 9.17) is 4.74 Å². The standard InChI is InChI=1S/C22H19FN2O2S/c1-14(15-2-3-17-11-18(23)5-4-16(17)10-15)21-19(12-24)22(28-20(21)13-26)25-6-8-27-9-7-25/h2-5,10-11,13-14H,6-9H2,1H3. The van der Waals surface area contributed by atoms with E-state index >= 15 is 0 Å². The summed E-state index contributed by atoms with van der Waals surface area (Å²) < 4.78 is 18.9. The molecule has 0 N–H and O–H groups in total. The van der Waals surface area contributed by atoms with Crippen molar-refractivity contribution in [2.75, 3.05) is 31.2 Å². The summed E-state index contributed by atoms with van der Waals surface area (Å²) in [6.07, 6.45) is 0.845. The van der Waals surface area contributed by atoms with E-state index in [2.05, 4.69) is 11.0 Å². The van der Waals surface area contributed by atoms with Gasteiger partial charge in [-0.25, -0.2) is 4.39 Å². The second-order valence-electron chi connectivity index (χ2n) is 6.86. The van der Waals surface area contributed by atoms with Gasteiger partial charge in [-0.15, -0.1) is 11.3 Å². The van der Waals surface area contributed by atoms with Crippen molar-refractivity contribution in [3.63, 3.8) is 0 Å². The molecule has 0 aliphatic carbocycles. The maximum atomic E-state index is 13.5. The summed E-state index contributed by atoms with van der Waals surface area (Å²) >= 11 is 1.38. The Hall–Kier alpha value is -2.75. The Balaban J connectivity index is 1.79. The average Bonchev–Trinajstić information content (AvgIpc) is 3.12. The smallest absolute Gasteiger partial charge is 0.160 e. The van der Waals surface area contributed by atoms with Crippen molar-refractivity contribution in [3.05, 3.63) is 63.8 Å². The third-order valence-electron chi connectivity index (χ3n) is 5.23. The number of morpholine rings is 1. The molecule has 0 amide bonds. The molecule has 4 rings (SSSR count). The van der Waals surface area contributed by atoms with Crippen LogP contribution in [0.25, 0.3) is 10.8 Å². The van der Waals surface area contributed by atoms with Gasteiger partial charge in [0.2, 0.25) is 0 Å². The molecule has 1 aliphatic heterocycles. The minimum atomic E-state index is -0.267. The summed E-state index contributed by atoms with van der Waals surface area (Å²) in [6.45, 7) is 4.66. The molecular formula is C22H19FN2O2S. The highest BCUT2D eigenvalue weighted by molar-refractivity contribution is 7.18. The summed E-state index contributed by atoms with van der Waals surface area (Å²) in [4.78, 5) is 14.5. The van der Waals surface area contributed by atoms with Gasteiger partial charge in [-0.05, 0) is 28.5 Å². The van der Waals surface area contributed by atoms with Gasteiger partial charge < -0.3 is 9.64 Å². The number of hydrogen-bond acceptors (Lipinski definition) is 5. The molecule has 4 nitrogen and oxygen atoms in total. The number of ether oxygens (including phenoxy) is 1. The minimum absolute atomic E-state index is 0.129. The third-order valence-corrected chi connectivity index (χ3v) is 6.42. The van der Waals surface area contributed by atoms with Crippen LogP contribution in [0.2, 0.25) is 0 Å². The largest absolute Gasteiger partial charge is 0.378 e. The Bertz CT molecular complexity index is 1080. The lowest BCUT2D eigenvalue weighted by molar-refractivity contribution is 0.112. The van der Waals surface area contributed by atoms with Crippen molar-refractivity contribution in [3.8, 4) is 6.07 Å². The molecule has 1 unspecified atom stereocenters. The van der Waals surface area contributed by atoms with Crippen LogP contribution >= 0.6 is 11.3 Å². The van der Waals surface area contributed by atoms with Crippen molar-refractivity contribution in [1.29, 1.82) is 5.26 Å². The van der Waals surface area contributed by atoms with Crippen LogP contribution in [-0.2, 0) is 4.74 Å². The van der Waals surface area contributed by atoms with E-state index in [1.165, 1.54) is 23.5 Å². The lowest BCUT2D eigenvalue weighted by atomic mass is 9.89. The first kappa shape index (κ1) is 18.6. The minimum Gasteiger partial charge on any atom is -0.378 e. The van der Waals surface area contributed by atoms with Crippen LogP contribution in [0, 0.1) is 17.1 Å². The summed E-state index contributed by atoms with van der Waals surface area (Å²) in [6, 6.07) is 12.8. The molecule has 142 valence electrons. The molecule has 0 spiro atoms. The van der Waals surface area contributed by atoms with Crippen molar-refractivity contribution >= 4 is 33.4 Å². The number of rotatable bonds is 4. The third kappa shape index (κ3) is 3.28. The van der Waals surface area contributed by atoms with Gasteiger partial charge in [0, 0.05) is 24.6 Å².